The van der Waals surface area contributed by atoms with Gasteiger partial charge in [0.05, 0.1) is 0 Å². The highest BCUT2D eigenvalue weighted by Gasteiger charge is 1.77. The summed E-state index contributed by atoms with van der Waals surface area (Å²) in [7, 11) is 0. The van der Waals surface area contributed by atoms with Crippen molar-refractivity contribution in [3.8, 4) is 0 Å². The zero-order valence-corrected chi connectivity index (χ0v) is 3.85. The first kappa shape index (κ1) is 4.24. The van der Waals surface area contributed by atoms with Crippen LogP contribution in [0.25, 0.3) is 0 Å². The summed E-state index contributed by atoms with van der Waals surface area (Å²) in [5.74, 6) is 0. The Labute approximate surface area is 42.5 Å². The highest BCUT2D eigenvalue weighted by molar-refractivity contribution is 4.83. The molecule has 1 heterocycles. The summed E-state index contributed by atoms with van der Waals surface area (Å²) < 4.78 is 4.65. The molecule has 0 amide bonds. The molecular weight excluding hydrogens is 90.1 g/mol. The lowest BCUT2D eigenvalue weighted by Gasteiger charge is -1.83. The van der Waals surface area contributed by atoms with Crippen LogP contribution in [0.4, 0.5) is 0 Å². The molecule has 1 aliphatic rings. The van der Waals surface area contributed by atoms with Gasteiger partial charge in [0.1, 0.15) is 6.26 Å². The zero-order chi connectivity index (χ0) is 4.95. The molecule has 0 unspecified atom stereocenters. The standard InChI is InChI=1S/C5H6NO/c1-2-6-3-5-7-4-1/h1,3,5-6H,2H2. The molecule has 0 saturated carbocycles. The summed E-state index contributed by atoms with van der Waals surface area (Å²) in [5.41, 5.74) is 0. The SMILES string of the molecule is [C]1=CCNC=CO1. The van der Waals surface area contributed by atoms with Crippen LogP contribution in [0, 0.1) is 6.26 Å². The fourth-order valence-electron chi connectivity index (χ4n) is 0.338. The van der Waals surface area contributed by atoms with Crippen molar-refractivity contribution in [1.82, 2.24) is 5.32 Å². The Morgan fingerprint density at radius 1 is 1.71 bits per heavy atom. The molecule has 0 atom stereocenters. The summed E-state index contributed by atoms with van der Waals surface area (Å²) in [6, 6.07) is 0. The van der Waals surface area contributed by atoms with Crippen molar-refractivity contribution < 1.29 is 4.74 Å². The van der Waals surface area contributed by atoms with E-state index >= 15 is 0 Å². The third kappa shape index (κ3) is 1.30. The lowest BCUT2D eigenvalue weighted by Crippen LogP contribution is -2.01. The second-order valence-electron chi connectivity index (χ2n) is 1.15. The Bertz CT molecular complexity index is 84.3. The first-order valence-electron chi connectivity index (χ1n) is 2.11. The average molecular weight is 96.1 g/mol. The Kier molecular flexibility index (Phi) is 1.39. The Morgan fingerprint density at radius 2 is 2.71 bits per heavy atom. The number of hydrogen-bond acceptors (Lipinski definition) is 2. The summed E-state index contributed by atoms with van der Waals surface area (Å²) in [5, 5.41) is 2.92. The lowest BCUT2D eigenvalue weighted by molar-refractivity contribution is 0.376. The molecule has 0 saturated heterocycles. The van der Waals surface area contributed by atoms with Gasteiger partial charge in [0.2, 0.25) is 0 Å². The highest BCUT2D eigenvalue weighted by atomic mass is 16.5. The van der Waals surface area contributed by atoms with Gasteiger partial charge in [0.25, 0.3) is 0 Å². The van der Waals surface area contributed by atoms with Crippen molar-refractivity contribution in [1.29, 1.82) is 0 Å². The molecule has 1 radical (unpaired) electrons. The summed E-state index contributed by atoms with van der Waals surface area (Å²) in [4.78, 5) is 0. The molecule has 0 fully saturated rings. The van der Waals surface area contributed by atoms with Crippen molar-refractivity contribution in [2.45, 2.75) is 0 Å². The van der Waals surface area contributed by atoms with Gasteiger partial charge in [-0.1, -0.05) is 0 Å². The van der Waals surface area contributed by atoms with Crippen LogP contribution in [0.2, 0.25) is 0 Å². The van der Waals surface area contributed by atoms with E-state index < -0.39 is 0 Å². The topological polar surface area (TPSA) is 21.3 Å². The molecule has 1 aliphatic heterocycles. The van der Waals surface area contributed by atoms with E-state index in [9.17, 15) is 0 Å². The van der Waals surface area contributed by atoms with Gasteiger partial charge in [0, 0.05) is 12.7 Å². The first-order chi connectivity index (χ1) is 3.50. The Balaban J connectivity index is 2.38. The molecule has 37 valence electrons. The molecule has 0 aromatic heterocycles. The van der Waals surface area contributed by atoms with Crippen LogP contribution in [0.5, 0.6) is 0 Å². The molecule has 1 rings (SSSR count). The number of nitrogens with one attached hydrogen (secondary N) is 1. The zero-order valence-electron chi connectivity index (χ0n) is 3.85. The van der Waals surface area contributed by atoms with Gasteiger partial charge in [-0.25, -0.2) is 0 Å². The van der Waals surface area contributed by atoms with E-state index in [1.807, 2.05) is 0 Å². The van der Waals surface area contributed by atoms with Gasteiger partial charge in [-0.2, -0.15) is 0 Å². The van der Waals surface area contributed by atoms with E-state index in [1.165, 1.54) is 0 Å². The molecule has 0 spiro atoms. The van der Waals surface area contributed by atoms with Crippen LogP contribution in [0.3, 0.4) is 0 Å². The molecule has 2 heteroatoms. The Hall–Kier alpha value is -0.920. The highest BCUT2D eigenvalue weighted by Crippen LogP contribution is 1.80. The molecule has 2 nitrogen and oxygen atoms in total. The molecule has 1 N–H and O–H groups in total. The molecule has 0 aromatic carbocycles. The summed E-state index contributed by atoms with van der Waals surface area (Å²) in [6.07, 6.45) is 7.63. The van der Waals surface area contributed by atoms with Gasteiger partial charge >= 0.3 is 0 Å². The van der Waals surface area contributed by atoms with Gasteiger partial charge < -0.3 is 10.1 Å². The predicted molar refractivity (Wildman–Crippen MR) is 26.0 cm³/mol. The molecule has 0 aromatic rings. The largest absolute Gasteiger partial charge is 0.460 e. The second-order valence-corrected chi connectivity index (χ2v) is 1.15. The van der Waals surface area contributed by atoms with Crippen LogP contribution in [0.15, 0.2) is 18.5 Å². The van der Waals surface area contributed by atoms with Crippen LogP contribution < -0.4 is 5.32 Å². The second kappa shape index (κ2) is 2.29. The van der Waals surface area contributed by atoms with Crippen molar-refractivity contribution in [2.75, 3.05) is 6.54 Å². The quantitative estimate of drug-likeness (QED) is 0.471. The van der Waals surface area contributed by atoms with Gasteiger partial charge in [-0.15, -0.1) is 0 Å². The third-order valence-corrected chi connectivity index (χ3v) is 0.625. The van der Waals surface area contributed by atoms with Crippen molar-refractivity contribution in [2.24, 2.45) is 0 Å². The van der Waals surface area contributed by atoms with Gasteiger partial charge in [-0.05, 0) is 6.08 Å². The van der Waals surface area contributed by atoms with Crippen molar-refractivity contribution in [3.63, 3.8) is 0 Å². The minimum Gasteiger partial charge on any atom is -0.460 e. The first-order valence-corrected chi connectivity index (χ1v) is 2.11. The van der Waals surface area contributed by atoms with E-state index in [-0.39, 0.29) is 0 Å². The maximum absolute atomic E-state index is 4.65. The number of rotatable bonds is 0. The summed E-state index contributed by atoms with van der Waals surface area (Å²) >= 11 is 0. The van der Waals surface area contributed by atoms with Crippen LogP contribution in [-0.2, 0) is 4.74 Å². The van der Waals surface area contributed by atoms with Gasteiger partial charge in [0.15, 0.2) is 6.26 Å². The van der Waals surface area contributed by atoms with E-state index in [2.05, 4.69) is 16.3 Å². The maximum Gasteiger partial charge on any atom is 0.166 e. The monoisotopic (exact) mass is 96.0 g/mol. The number of hydrogen-bond donors (Lipinski definition) is 1. The van der Waals surface area contributed by atoms with E-state index in [1.54, 1.807) is 18.5 Å². The van der Waals surface area contributed by atoms with E-state index in [4.69, 9.17) is 0 Å². The maximum atomic E-state index is 4.65. The normalized spacial score (nSPS) is 17.1. The van der Waals surface area contributed by atoms with E-state index in [0.29, 0.717) is 0 Å². The minimum atomic E-state index is 0.802. The average Bonchev–Trinajstić information content (AvgIpc) is 1.90. The van der Waals surface area contributed by atoms with Crippen molar-refractivity contribution >= 4 is 0 Å². The third-order valence-electron chi connectivity index (χ3n) is 0.625. The van der Waals surface area contributed by atoms with Gasteiger partial charge in [-0.3, -0.25) is 0 Å². The fraction of sp³-hybridized carbons (Fsp3) is 0.200. The van der Waals surface area contributed by atoms with Crippen LogP contribution in [0.1, 0.15) is 0 Å². The predicted octanol–water partition coefficient (Wildman–Crippen LogP) is 0.394. The Morgan fingerprint density at radius 3 is 3.71 bits per heavy atom. The van der Waals surface area contributed by atoms with Crippen molar-refractivity contribution in [3.05, 3.63) is 24.8 Å². The van der Waals surface area contributed by atoms with Crippen LogP contribution in [-0.4, -0.2) is 6.54 Å². The molecule has 7 heavy (non-hydrogen) atoms. The van der Waals surface area contributed by atoms with E-state index in [0.717, 1.165) is 6.54 Å². The van der Waals surface area contributed by atoms with Crippen LogP contribution >= 0.6 is 0 Å². The molecule has 0 aliphatic carbocycles. The lowest BCUT2D eigenvalue weighted by atomic mass is 10.6. The smallest absolute Gasteiger partial charge is 0.166 e. The molecular formula is C5H6NO. The number of ether oxygens (including phenoxy) is 1. The minimum absolute atomic E-state index is 0.802. The summed E-state index contributed by atoms with van der Waals surface area (Å²) in [6.45, 7) is 0.802. The molecule has 0 bridgehead atoms. The fourth-order valence-corrected chi connectivity index (χ4v) is 0.338.